The average molecular weight is 464 g/mol. The summed E-state index contributed by atoms with van der Waals surface area (Å²) in [6.07, 6.45) is 6.38. The number of aliphatic hydroxyl groups is 4. The molecular formula is C26H41NO6. The third-order valence-electron chi connectivity index (χ3n) is 6.75. The number of ketones is 1. The molecule has 0 unspecified atom stereocenters. The molecule has 1 aliphatic carbocycles. The zero-order valence-corrected chi connectivity index (χ0v) is 19.6. The Labute approximate surface area is 197 Å². The Kier molecular flexibility index (Phi) is 12.6. The van der Waals surface area contributed by atoms with E-state index in [0.717, 1.165) is 38.5 Å². The lowest BCUT2D eigenvalue weighted by Crippen LogP contribution is -2.39. The molecule has 33 heavy (non-hydrogen) atoms. The maximum atomic E-state index is 12.4. The van der Waals surface area contributed by atoms with Crippen molar-refractivity contribution in [3.8, 4) is 0 Å². The van der Waals surface area contributed by atoms with Crippen LogP contribution in [0.1, 0.15) is 69.8 Å². The molecule has 7 heteroatoms. The van der Waals surface area contributed by atoms with E-state index < -0.39 is 18.2 Å². The van der Waals surface area contributed by atoms with E-state index in [0.29, 0.717) is 25.7 Å². The number of hydrogen-bond donors (Lipinski definition) is 5. The lowest BCUT2D eigenvalue weighted by atomic mass is 9.85. The molecule has 7 nitrogen and oxygen atoms in total. The molecule has 1 fully saturated rings. The molecule has 0 saturated heterocycles. The van der Waals surface area contributed by atoms with Gasteiger partial charge in [-0.2, -0.15) is 0 Å². The van der Waals surface area contributed by atoms with Gasteiger partial charge < -0.3 is 25.7 Å². The van der Waals surface area contributed by atoms with Gasteiger partial charge in [0.05, 0.1) is 31.5 Å². The molecule has 0 aliphatic heterocycles. The highest BCUT2D eigenvalue weighted by Crippen LogP contribution is 2.36. The number of aryl methyl sites for hydroxylation is 1. The molecule has 4 atom stereocenters. The lowest BCUT2D eigenvalue weighted by Gasteiger charge is -2.22. The Morgan fingerprint density at radius 1 is 1.00 bits per heavy atom. The summed E-state index contributed by atoms with van der Waals surface area (Å²) in [6.45, 7) is -0.564. The van der Waals surface area contributed by atoms with Crippen LogP contribution in [0.4, 0.5) is 0 Å². The first-order chi connectivity index (χ1) is 15.9. The Bertz CT molecular complexity index is 693. The Morgan fingerprint density at radius 3 is 2.39 bits per heavy atom. The Hall–Kier alpha value is -1.80. The third kappa shape index (κ3) is 9.92. The SMILES string of the molecule is O=C(CCCCCC[C@H]1[C@@H](O)CC(=O)[C@@H]1CC[C@@H](O)CCc1ccccc1)NC(CO)CO. The van der Waals surface area contributed by atoms with Crippen molar-refractivity contribution in [2.45, 2.75) is 88.9 Å². The predicted molar refractivity (Wildman–Crippen MR) is 126 cm³/mol. The lowest BCUT2D eigenvalue weighted by molar-refractivity contribution is -0.123. The van der Waals surface area contributed by atoms with Crippen LogP contribution >= 0.6 is 0 Å². The van der Waals surface area contributed by atoms with E-state index in [1.807, 2.05) is 30.3 Å². The zero-order chi connectivity index (χ0) is 24.1. The molecule has 0 heterocycles. The number of benzene rings is 1. The summed E-state index contributed by atoms with van der Waals surface area (Å²) in [5.74, 6) is -0.282. The van der Waals surface area contributed by atoms with Crippen LogP contribution in [-0.2, 0) is 16.0 Å². The summed E-state index contributed by atoms with van der Waals surface area (Å²) < 4.78 is 0. The van der Waals surface area contributed by atoms with Crippen LogP contribution in [0, 0.1) is 11.8 Å². The van der Waals surface area contributed by atoms with E-state index in [9.17, 15) is 19.8 Å². The first-order valence-corrected chi connectivity index (χ1v) is 12.4. The molecular weight excluding hydrogens is 422 g/mol. The molecule has 1 aromatic carbocycles. The minimum Gasteiger partial charge on any atom is -0.394 e. The fourth-order valence-corrected chi connectivity index (χ4v) is 4.75. The van der Waals surface area contributed by atoms with Crippen molar-refractivity contribution >= 4 is 11.7 Å². The number of aliphatic hydroxyl groups excluding tert-OH is 4. The van der Waals surface area contributed by atoms with Crippen LogP contribution in [0.5, 0.6) is 0 Å². The van der Waals surface area contributed by atoms with Crippen molar-refractivity contribution in [3.05, 3.63) is 35.9 Å². The van der Waals surface area contributed by atoms with E-state index in [2.05, 4.69) is 5.32 Å². The van der Waals surface area contributed by atoms with Crippen molar-refractivity contribution in [2.24, 2.45) is 11.8 Å². The van der Waals surface area contributed by atoms with Crippen LogP contribution in [0.3, 0.4) is 0 Å². The van der Waals surface area contributed by atoms with E-state index in [-0.39, 0.29) is 43.2 Å². The summed E-state index contributed by atoms with van der Waals surface area (Å²) in [5, 5.41) is 41.3. The molecule has 1 saturated carbocycles. The first kappa shape index (κ1) is 27.4. The van der Waals surface area contributed by atoms with Crippen molar-refractivity contribution < 1.29 is 30.0 Å². The van der Waals surface area contributed by atoms with Crippen molar-refractivity contribution in [1.29, 1.82) is 0 Å². The number of unbranched alkanes of at least 4 members (excludes halogenated alkanes) is 3. The molecule has 1 aromatic rings. The minimum atomic E-state index is -0.604. The normalized spacial score (nSPS) is 21.5. The van der Waals surface area contributed by atoms with Gasteiger partial charge in [0.1, 0.15) is 5.78 Å². The Morgan fingerprint density at radius 2 is 1.70 bits per heavy atom. The summed E-state index contributed by atoms with van der Waals surface area (Å²) in [5.41, 5.74) is 1.20. The summed E-state index contributed by atoms with van der Waals surface area (Å²) in [6, 6.07) is 9.45. The van der Waals surface area contributed by atoms with Crippen molar-refractivity contribution in [1.82, 2.24) is 5.32 Å². The molecule has 1 aliphatic rings. The van der Waals surface area contributed by atoms with Gasteiger partial charge in [0.2, 0.25) is 5.91 Å². The summed E-state index contributed by atoms with van der Waals surface area (Å²) in [4.78, 5) is 24.2. The smallest absolute Gasteiger partial charge is 0.220 e. The number of amides is 1. The number of Topliss-reactive ketones (excluding diaryl/α,β-unsaturated/α-hetero) is 1. The summed E-state index contributed by atoms with van der Waals surface area (Å²) in [7, 11) is 0. The van der Waals surface area contributed by atoms with Gasteiger partial charge in [-0.15, -0.1) is 0 Å². The van der Waals surface area contributed by atoms with E-state index in [4.69, 9.17) is 10.2 Å². The maximum absolute atomic E-state index is 12.4. The van der Waals surface area contributed by atoms with Crippen LogP contribution in [0.15, 0.2) is 30.3 Å². The van der Waals surface area contributed by atoms with Crippen LogP contribution in [-0.4, -0.2) is 63.6 Å². The van der Waals surface area contributed by atoms with Gasteiger partial charge in [0.15, 0.2) is 0 Å². The highest BCUT2D eigenvalue weighted by molar-refractivity contribution is 5.84. The van der Waals surface area contributed by atoms with E-state index in [1.165, 1.54) is 5.56 Å². The van der Waals surface area contributed by atoms with Gasteiger partial charge in [-0.3, -0.25) is 9.59 Å². The number of hydrogen-bond acceptors (Lipinski definition) is 6. The molecule has 0 bridgehead atoms. The quantitative estimate of drug-likeness (QED) is 0.239. The van der Waals surface area contributed by atoms with Gasteiger partial charge in [-0.05, 0) is 50.0 Å². The highest BCUT2D eigenvalue weighted by atomic mass is 16.3. The minimum absolute atomic E-state index is 0.0445. The number of nitrogens with one attached hydrogen (secondary N) is 1. The number of carbonyl (C=O) groups excluding carboxylic acids is 2. The largest absolute Gasteiger partial charge is 0.394 e. The molecule has 0 aromatic heterocycles. The van der Waals surface area contributed by atoms with Crippen LogP contribution in [0.25, 0.3) is 0 Å². The zero-order valence-electron chi connectivity index (χ0n) is 19.6. The Balaban J connectivity index is 1.64. The molecule has 2 rings (SSSR count). The molecule has 186 valence electrons. The van der Waals surface area contributed by atoms with Crippen LogP contribution in [0.2, 0.25) is 0 Å². The highest BCUT2D eigenvalue weighted by Gasteiger charge is 2.40. The second kappa shape index (κ2) is 15.2. The van der Waals surface area contributed by atoms with Gasteiger partial charge >= 0.3 is 0 Å². The maximum Gasteiger partial charge on any atom is 0.220 e. The van der Waals surface area contributed by atoms with Crippen LogP contribution < -0.4 is 5.32 Å². The van der Waals surface area contributed by atoms with E-state index >= 15 is 0 Å². The first-order valence-electron chi connectivity index (χ1n) is 12.4. The van der Waals surface area contributed by atoms with Crippen molar-refractivity contribution in [2.75, 3.05) is 13.2 Å². The second-order valence-electron chi connectivity index (χ2n) is 9.35. The van der Waals surface area contributed by atoms with Gasteiger partial charge in [0.25, 0.3) is 0 Å². The van der Waals surface area contributed by atoms with Gasteiger partial charge in [-0.1, -0.05) is 49.6 Å². The monoisotopic (exact) mass is 463 g/mol. The number of rotatable bonds is 16. The molecule has 0 radical (unpaired) electrons. The summed E-state index contributed by atoms with van der Waals surface area (Å²) >= 11 is 0. The third-order valence-corrected chi connectivity index (χ3v) is 6.75. The van der Waals surface area contributed by atoms with Gasteiger partial charge in [0, 0.05) is 18.8 Å². The average Bonchev–Trinajstić information content (AvgIpc) is 3.09. The predicted octanol–water partition coefficient (Wildman–Crippen LogP) is 2.14. The standard InChI is InChI=1S/C26H41NO6/c28-17-20(18-29)27-26(33)11-7-2-1-6-10-22-23(25(32)16-24(22)31)15-14-21(30)13-12-19-8-4-3-5-9-19/h3-5,8-9,20-24,28-31H,1-2,6-7,10-18H2,(H,27,33)/t21-,22+,23+,24-/m0/s1. The molecule has 0 spiro atoms. The van der Waals surface area contributed by atoms with Crippen molar-refractivity contribution in [3.63, 3.8) is 0 Å². The molecule has 5 N–H and O–H groups in total. The second-order valence-corrected chi connectivity index (χ2v) is 9.35. The fourth-order valence-electron chi connectivity index (χ4n) is 4.75. The fraction of sp³-hybridized carbons (Fsp3) is 0.692. The molecule has 1 amide bonds. The number of carbonyl (C=O) groups is 2. The topological polar surface area (TPSA) is 127 Å². The van der Waals surface area contributed by atoms with Gasteiger partial charge in [-0.25, -0.2) is 0 Å². The van der Waals surface area contributed by atoms with E-state index in [1.54, 1.807) is 0 Å².